The number of rotatable bonds is 5. The van der Waals surface area contributed by atoms with Crippen LogP contribution in [0.1, 0.15) is 0 Å². The van der Waals surface area contributed by atoms with Gasteiger partial charge in [0.15, 0.2) is 0 Å². The normalized spacial score (nSPS) is 10.3. The Kier molecular flexibility index (Phi) is 4.84. The maximum absolute atomic E-state index is 12.2. The average Bonchev–Trinajstić information content (AvgIpc) is 2.65. The van der Waals surface area contributed by atoms with Gasteiger partial charge in [-0.05, 0) is 12.1 Å². The number of hydrogen-bond donors (Lipinski definition) is 1. The zero-order valence-electron chi connectivity index (χ0n) is 13.5. The third-order valence-corrected chi connectivity index (χ3v) is 3.46. The highest BCUT2D eigenvalue weighted by Gasteiger charge is 2.08. The molecule has 0 aliphatic heterocycles. The molecule has 0 unspecified atom stereocenters. The minimum Gasteiger partial charge on any atom is -0.481 e. The SMILES string of the molecule is COc1ccc(NC(=O)Cn2nc(-c3ccccc3)ccc2=O)cn1. The molecule has 0 atom stereocenters. The number of amides is 1. The van der Waals surface area contributed by atoms with Crippen molar-refractivity contribution < 1.29 is 9.53 Å². The largest absolute Gasteiger partial charge is 0.481 e. The Labute approximate surface area is 143 Å². The lowest BCUT2D eigenvalue weighted by Gasteiger charge is -2.08. The van der Waals surface area contributed by atoms with Gasteiger partial charge in [0.2, 0.25) is 11.8 Å². The van der Waals surface area contributed by atoms with E-state index in [0.29, 0.717) is 17.3 Å². The van der Waals surface area contributed by atoms with E-state index >= 15 is 0 Å². The number of carbonyl (C=O) groups is 1. The van der Waals surface area contributed by atoms with Gasteiger partial charge in [-0.3, -0.25) is 9.59 Å². The van der Waals surface area contributed by atoms with E-state index in [-0.39, 0.29) is 18.0 Å². The van der Waals surface area contributed by atoms with E-state index in [0.717, 1.165) is 10.2 Å². The number of nitrogens with one attached hydrogen (secondary N) is 1. The van der Waals surface area contributed by atoms with E-state index in [1.54, 1.807) is 18.2 Å². The number of nitrogens with zero attached hydrogens (tertiary/aromatic N) is 3. The van der Waals surface area contributed by atoms with Crippen LogP contribution < -0.4 is 15.6 Å². The molecule has 0 saturated carbocycles. The Bertz CT molecular complexity index is 921. The van der Waals surface area contributed by atoms with Gasteiger partial charge in [-0.25, -0.2) is 9.67 Å². The third-order valence-electron chi connectivity index (χ3n) is 3.46. The summed E-state index contributed by atoms with van der Waals surface area (Å²) in [5, 5.41) is 6.93. The summed E-state index contributed by atoms with van der Waals surface area (Å²) >= 11 is 0. The topological polar surface area (TPSA) is 86.1 Å². The fraction of sp³-hybridized carbons (Fsp3) is 0.111. The highest BCUT2D eigenvalue weighted by molar-refractivity contribution is 5.90. The van der Waals surface area contributed by atoms with Gasteiger partial charge in [0, 0.05) is 17.7 Å². The highest BCUT2D eigenvalue weighted by atomic mass is 16.5. The number of methoxy groups -OCH3 is 1. The van der Waals surface area contributed by atoms with Gasteiger partial charge in [-0.2, -0.15) is 5.10 Å². The van der Waals surface area contributed by atoms with Crippen LogP contribution in [0, 0.1) is 0 Å². The molecule has 1 amide bonds. The van der Waals surface area contributed by atoms with E-state index in [9.17, 15) is 9.59 Å². The predicted molar refractivity (Wildman–Crippen MR) is 93.4 cm³/mol. The van der Waals surface area contributed by atoms with Gasteiger partial charge in [0.25, 0.3) is 5.56 Å². The number of carbonyl (C=O) groups excluding carboxylic acids is 1. The monoisotopic (exact) mass is 336 g/mol. The minimum absolute atomic E-state index is 0.189. The molecule has 0 spiro atoms. The first-order valence-corrected chi connectivity index (χ1v) is 7.59. The number of ether oxygens (including phenoxy) is 1. The molecule has 0 aliphatic rings. The average molecular weight is 336 g/mol. The minimum atomic E-state index is -0.369. The second-order valence-corrected chi connectivity index (χ2v) is 5.22. The predicted octanol–water partition coefficient (Wildman–Crippen LogP) is 1.95. The van der Waals surface area contributed by atoms with Crippen molar-refractivity contribution in [3.63, 3.8) is 0 Å². The van der Waals surface area contributed by atoms with Crippen LogP contribution in [0.25, 0.3) is 11.3 Å². The van der Waals surface area contributed by atoms with Crippen LogP contribution in [0.5, 0.6) is 5.88 Å². The van der Waals surface area contributed by atoms with Gasteiger partial charge >= 0.3 is 0 Å². The summed E-state index contributed by atoms with van der Waals surface area (Å²) in [5.41, 5.74) is 1.66. The van der Waals surface area contributed by atoms with Gasteiger partial charge < -0.3 is 10.1 Å². The van der Waals surface area contributed by atoms with Crippen LogP contribution in [0.4, 0.5) is 5.69 Å². The second kappa shape index (κ2) is 7.39. The third kappa shape index (κ3) is 4.08. The molecule has 7 nitrogen and oxygen atoms in total. The number of pyridine rings is 1. The van der Waals surface area contributed by atoms with Crippen molar-refractivity contribution in [1.29, 1.82) is 0 Å². The molecule has 0 bridgehead atoms. The Hall–Kier alpha value is -3.48. The van der Waals surface area contributed by atoms with Crippen LogP contribution >= 0.6 is 0 Å². The van der Waals surface area contributed by atoms with Crippen molar-refractivity contribution >= 4 is 11.6 Å². The van der Waals surface area contributed by atoms with Gasteiger partial charge in [-0.15, -0.1) is 0 Å². The van der Waals surface area contributed by atoms with E-state index in [4.69, 9.17) is 4.74 Å². The molecule has 3 rings (SSSR count). The lowest BCUT2D eigenvalue weighted by atomic mass is 10.1. The first-order valence-electron chi connectivity index (χ1n) is 7.59. The molecule has 0 aliphatic carbocycles. The van der Waals surface area contributed by atoms with Crippen molar-refractivity contribution in [2.45, 2.75) is 6.54 Å². The summed E-state index contributed by atoms with van der Waals surface area (Å²) in [6.07, 6.45) is 1.48. The maximum atomic E-state index is 12.2. The fourth-order valence-electron chi connectivity index (χ4n) is 2.24. The summed E-state index contributed by atoms with van der Waals surface area (Å²) in [6, 6.07) is 15.8. The Morgan fingerprint density at radius 2 is 1.92 bits per heavy atom. The summed E-state index contributed by atoms with van der Waals surface area (Å²) in [6.45, 7) is -0.189. The summed E-state index contributed by atoms with van der Waals surface area (Å²) in [7, 11) is 1.51. The van der Waals surface area contributed by atoms with Crippen LogP contribution in [-0.4, -0.2) is 27.8 Å². The zero-order chi connectivity index (χ0) is 17.6. The van der Waals surface area contributed by atoms with Crippen LogP contribution in [0.15, 0.2) is 65.6 Å². The molecule has 126 valence electrons. The lowest BCUT2D eigenvalue weighted by molar-refractivity contribution is -0.117. The standard InChI is InChI=1S/C18H16N4O3/c1-25-17-9-7-14(11-19-17)20-16(23)12-22-18(24)10-8-15(21-22)13-5-3-2-4-6-13/h2-11H,12H2,1H3,(H,20,23). The summed E-state index contributed by atoms with van der Waals surface area (Å²) in [4.78, 5) is 28.1. The lowest BCUT2D eigenvalue weighted by Crippen LogP contribution is -2.29. The number of anilines is 1. The molecule has 1 aromatic carbocycles. The molecule has 0 radical (unpaired) electrons. The molecule has 2 heterocycles. The molecule has 0 saturated heterocycles. The van der Waals surface area contributed by atoms with Crippen molar-refractivity contribution in [3.8, 4) is 17.1 Å². The number of hydrogen-bond acceptors (Lipinski definition) is 5. The quantitative estimate of drug-likeness (QED) is 0.770. The van der Waals surface area contributed by atoms with Gasteiger partial charge in [0.1, 0.15) is 6.54 Å². The molecular formula is C18H16N4O3. The number of aromatic nitrogens is 3. The molecule has 0 fully saturated rings. The van der Waals surface area contributed by atoms with Gasteiger partial charge in [-0.1, -0.05) is 30.3 Å². The van der Waals surface area contributed by atoms with E-state index in [2.05, 4.69) is 15.4 Å². The van der Waals surface area contributed by atoms with Crippen LogP contribution in [-0.2, 0) is 11.3 Å². The van der Waals surface area contributed by atoms with Crippen LogP contribution in [0.3, 0.4) is 0 Å². The van der Waals surface area contributed by atoms with E-state index in [1.165, 1.54) is 19.4 Å². The first-order chi connectivity index (χ1) is 12.2. The van der Waals surface area contributed by atoms with Crippen molar-refractivity contribution in [3.05, 3.63) is 71.1 Å². The Balaban J connectivity index is 1.75. The molecule has 3 aromatic rings. The first kappa shape index (κ1) is 16.4. The molecule has 7 heteroatoms. The Morgan fingerprint density at radius 3 is 2.60 bits per heavy atom. The smallest absolute Gasteiger partial charge is 0.267 e. The second-order valence-electron chi connectivity index (χ2n) is 5.22. The van der Waals surface area contributed by atoms with E-state index < -0.39 is 0 Å². The summed E-state index contributed by atoms with van der Waals surface area (Å²) in [5.74, 6) is 0.0817. The fourth-order valence-corrected chi connectivity index (χ4v) is 2.24. The van der Waals surface area contributed by atoms with Crippen molar-refractivity contribution in [2.24, 2.45) is 0 Å². The summed E-state index contributed by atoms with van der Waals surface area (Å²) < 4.78 is 6.10. The molecule has 1 N–H and O–H groups in total. The van der Waals surface area contributed by atoms with Crippen molar-refractivity contribution in [2.75, 3.05) is 12.4 Å². The van der Waals surface area contributed by atoms with Crippen LogP contribution in [0.2, 0.25) is 0 Å². The Morgan fingerprint density at radius 1 is 1.12 bits per heavy atom. The molecule has 25 heavy (non-hydrogen) atoms. The van der Waals surface area contributed by atoms with Crippen molar-refractivity contribution in [1.82, 2.24) is 14.8 Å². The van der Waals surface area contributed by atoms with Gasteiger partial charge in [0.05, 0.1) is 24.7 Å². The number of benzene rings is 1. The highest BCUT2D eigenvalue weighted by Crippen LogP contribution is 2.14. The molecule has 2 aromatic heterocycles. The maximum Gasteiger partial charge on any atom is 0.267 e. The van der Waals surface area contributed by atoms with E-state index in [1.807, 2.05) is 30.3 Å². The molecular weight excluding hydrogens is 320 g/mol. The zero-order valence-corrected chi connectivity index (χ0v) is 13.5.